The molecule has 0 unspecified atom stereocenters. The van der Waals surface area contributed by atoms with E-state index in [9.17, 15) is 17.6 Å². The molecular weight excluding hydrogens is 247 g/mol. The number of carbonyl (C=O) groups excluding carboxylic acids is 1. The number of anilines is 1. The molecule has 1 amide bonds. The van der Waals surface area contributed by atoms with Crippen molar-refractivity contribution in [3.05, 3.63) is 24.0 Å². The molecule has 1 aromatic rings. The quantitative estimate of drug-likeness (QED) is 0.841. The highest BCUT2D eigenvalue weighted by Crippen LogP contribution is 2.31. The second-order valence-corrected chi connectivity index (χ2v) is 5.48. The van der Waals surface area contributed by atoms with Crippen LogP contribution in [0.2, 0.25) is 0 Å². The highest BCUT2D eigenvalue weighted by molar-refractivity contribution is 7.89. The lowest BCUT2D eigenvalue weighted by molar-refractivity contribution is -0.117. The molecule has 1 aliphatic rings. The molecule has 0 heterocycles. The molecule has 0 saturated heterocycles. The first kappa shape index (κ1) is 12.0. The lowest BCUT2D eigenvalue weighted by Gasteiger charge is -2.09. The number of halogens is 1. The van der Waals surface area contributed by atoms with Gasteiger partial charge in [0, 0.05) is 5.92 Å². The Labute approximate surface area is 97.9 Å². The topological polar surface area (TPSA) is 89.3 Å². The summed E-state index contributed by atoms with van der Waals surface area (Å²) < 4.78 is 35.5. The van der Waals surface area contributed by atoms with Crippen molar-refractivity contribution in [1.29, 1.82) is 0 Å². The van der Waals surface area contributed by atoms with Gasteiger partial charge in [-0.2, -0.15) is 0 Å². The van der Waals surface area contributed by atoms with E-state index in [-0.39, 0.29) is 22.4 Å². The molecule has 2 rings (SSSR count). The molecule has 5 nitrogen and oxygen atoms in total. The second-order valence-electron chi connectivity index (χ2n) is 3.95. The van der Waals surface area contributed by atoms with E-state index in [1.165, 1.54) is 0 Å². The zero-order valence-corrected chi connectivity index (χ0v) is 9.63. The molecule has 1 aromatic carbocycles. The molecule has 17 heavy (non-hydrogen) atoms. The average Bonchev–Trinajstić information content (AvgIpc) is 2.98. The smallest absolute Gasteiger partial charge is 0.240 e. The molecule has 1 aliphatic carbocycles. The fraction of sp³-hybridized carbons (Fsp3) is 0.300. The van der Waals surface area contributed by atoms with E-state index < -0.39 is 15.8 Å². The number of rotatable bonds is 3. The van der Waals surface area contributed by atoms with Crippen LogP contribution in [0.3, 0.4) is 0 Å². The molecule has 0 spiro atoms. The SMILES string of the molecule is NS(=O)(=O)c1ccc(F)cc1NC(=O)C1CC1. The molecule has 0 aliphatic heterocycles. The predicted molar refractivity (Wildman–Crippen MR) is 59.1 cm³/mol. The fourth-order valence-corrected chi connectivity index (χ4v) is 2.10. The van der Waals surface area contributed by atoms with Crippen LogP contribution in [0.1, 0.15) is 12.8 Å². The Kier molecular flexibility index (Phi) is 2.88. The van der Waals surface area contributed by atoms with E-state index in [0.29, 0.717) is 0 Å². The number of carbonyl (C=O) groups is 1. The van der Waals surface area contributed by atoms with Crippen molar-refractivity contribution in [2.75, 3.05) is 5.32 Å². The summed E-state index contributed by atoms with van der Waals surface area (Å²) >= 11 is 0. The van der Waals surface area contributed by atoms with Gasteiger partial charge >= 0.3 is 0 Å². The van der Waals surface area contributed by atoms with Crippen molar-refractivity contribution in [2.24, 2.45) is 11.1 Å². The molecule has 1 saturated carbocycles. The lowest BCUT2D eigenvalue weighted by atomic mass is 10.3. The van der Waals surface area contributed by atoms with Crippen molar-refractivity contribution < 1.29 is 17.6 Å². The van der Waals surface area contributed by atoms with Gasteiger partial charge in [-0.25, -0.2) is 17.9 Å². The van der Waals surface area contributed by atoms with Crippen LogP contribution in [0.25, 0.3) is 0 Å². The third-order valence-corrected chi connectivity index (χ3v) is 3.42. The number of hydrogen-bond donors (Lipinski definition) is 2. The summed E-state index contributed by atoms with van der Waals surface area (Å²) in [5.41, 5.74) is -0.107. The maximum Gasteiger partial charge on any atom is 0.240 e. The Bertz CT molecular complexity index is 567. The summed E-state index contributed by atoms with van der Waals surface area (Å²) in [5, 5.41) is 7.36. The number of benzene rings is 1. The molecule has 0 radical (unpaired) electrons. The van der Waals surface area contributed by atoms with Gasteiger partial charge in [0.15, 0.2) is 0 Å². The van der Waals surface area contributed by atoms with Crippen LogP contribution in [0.4, 0.5) is 10.1 Å². The van der Waals surface area contributed by atoms with Crippen LogP contribution >= 0.6 is 0 Å². The van der Waals surface area contributed by atoms with Crippen LogP contribution in [-0.4, -0.2) is 14.3 Å². The van der Waals surface area contributed by atoms with Gasteiger partial charge in [-0.15, -0.1) is 0 Å². The van der Waals surface area contributed by atoms with Gasteiger partial charge < -0.3 is 5.32 Å². The highest BCUT2D eigenvalue weighted by Gasteiger charge is 2.30. The van der Waals surface area contributed by atoms with Crippen LogP contribution in [0.5, 0.6) is 0 Å². The van der Waals surface area contributed by atoms with E-state index in [1.807, 2.05) is 0 Å². The molecule has 0 atom stereocenters. The Morgan fingerprint density at radius 2 is 2.06 bits per heavy atom. The normalized spacial score (nSPS) is 15.6. The highest BCUT2D eigenvalue weighted by atomic mass is 32.2. The van der Waals surface area contributed by atoms with E-state index >= 15 is 0 Å². The van der Waals surface area contributed by atoms with E-state index in [0.717, 1.165) is 31.0 Å². The zero-order valence-electron chi connectivity index (χ0n) is 8.81. The van der Waals surface area contributed by atoms with Gasteiger partial charge in [0.2, 0.25) is 15.9 Å². The first-order chi connectivity index (χ1) is 7.88. The van der Waals surface area contributed by atoms with Gasteiger partial charge in [0.1, 0.15) is 10.7 Å². The minimum absolute atomic E-state index is 0.105. The maximum atomic E-state index is 13.0. The van der Waals surface area contributed by atoms with Crippen molar-refractivity contribution in [3.8, 4) is 0 Å². The number of primary sulfonamides is 1. The summed E-state index contributed by atoms with van der Waals surface area (Å²) in [7, 11) is -3.98. The van der Waals surface area contributed by atoms with Gasteiger partial charge in [0.05, 0.1) is 5.69 Å². The number of sulfonamides is 1. The summed E-state index contributed by atoms with van der Waals surface area (Å²) in [5.74, 6) is -1.05. The van der Waals surface area contributed by atoms with Gasteiger partial charge in [-0.3, -0.25) is 4.79 Å². The van der Waals surface area contributed by atoms with Crippen LogP contribution < -0.4 is 10.5 Å². The summed E-state index contributed by atoms with van der Waals surface area (Å²) in [4.78, 5) is 11.2. The first-order valence-electron chi connectivity index (χ1n) is 5.01. The largest absolute Gasteiger partial charge is 0.325 e. The average molecular weight is 258 g/mol. The Morgan fingerprint density at radius 3 is 2.59 bits per heavy atom. The van der Waals surface area contributed by atoms with E-state index in [4.69, 9.17) is 5.14 Å². The van der Waals surface area contributed by atoms with E-state index in [1.54, 1.807) is 0 Å². The van der Waals surface area contributed by atoms with Crippen LogP contribution in [-0.2, 0) is 14.8 Å². The minimum atomic E-state index is -3.98. The Hall–Kier alpha value is -1.47. The summed E-state index contributed by atoms with van der Waals surface area (Å²) in [6.45, 7) is 0. The molecule has 3 N–H and O–H groups in total. The maximum absolute atomic E-state index is 13.0. The first-order valence-corrected chi connectivity index (χ1v) is 6.56. The lowest BCUT2D eigenvalue weighted by Crippen LogP contribution is -2.19. The van der Waals surface area contributed by atoms with Crippen molar-refractivity contribution in [3.63, 3.8) is 0 Å². The summed E-state index contributed by atoms with van der Waals surface area (Å²) in [6.07, 6.45) is 1.54. The van der Waals surface area contributed by atoms with Crippen LogP contribution in [0, 0.1) is 11.7 Å². The molecule has 1 fully saturated rings. The standard InChI is InChI=1S/C10H11FN2O3S/c11-7-3-4-9(17(12,15)16)8(5-7)13-10(14)6-1-2-6/h3-6H,1-2H2,(H,13,14)(H2,12,15,16). The second kappa shape index (κ2) is 4.08. The number of hydrogen-bond acceptors (Lipinski definition) is 3. The number of nitrogens with two attached hydrogens (primary N) is 1. The van der Waals surface area contributed by atoms with Crippen molar-refractivity contribution >= 4 is 21.6 Å². The van der Waals surface area contributed by atoms with Gasteiger partial charge in [-0.05, 0) is 31.0 Å². The molecule has 0 bridgehead atoms. The van der Waals surface area contributed by atoms with E-state index in [2.05, 4.69) is 5.32 Å². The third-order valence-electron chi connectivity index (χ3n) is 2.45. The van der Waals surface area contributed by atoms with Crippen LogP contribution in [0.15, 0.2) is 23.1 Å². The van der Waals surface area contributed by atoms with Gasteiger partial charge in [-0.1, -0.05) is 0 Å². The van der Waals surface area contributed by atoms with Crippen molar-refractivity contribution in [1.82, 2.24) is 0 Å². The van der Waals surface area contributed by atoms with Gasteiger partial charge in [0.25, 0.3) is 0 Å². The van der Waals surface area contributed by atoms with Crippen molar-refractivity contribution in [2.45, 2.75) is 17.7 Å². The Morgan fingerprint density at radius 1 is 1.41 bits per heavy atom. The number of nitrogens with one attached hydrogen (secondary N) is 1. The predicted octanol–water partition coefficient (Wildman–Crippen LogP) is 0.822. The third kappa shape index (κ3) is 2.80. The molecule has 92 valence electrons. The zero-order chi connectivity index (χ0) is 12.6. The fourth-order valence-electron chi connectivity index (χ4n) is 1.43. The number of amides is 1. The molecule has 0 aromatic heterocycles. The Balaban J connectivity index is 2.36. The minimum Gasteiger partial charge on any atom is -0.325 e. The molecule has 7 heteroatoms. The summed E-state index contributed by atoms with van der Waals surface area (Å²) in [6, 6.07) is 2.96. The monoisotopic (exact) mass is 258 g/mol. The molecular formula is C10H11FN2O3S.